The molecule has 16 heavy (non-hydrogen) atoms. The van der Waals surface area contributed by atoms with Gasteiger partial charge in [-0.3, -0.25) is 5.10 Å². The van der Waals surface area contributed by atoms with Gasteiger partial charge in [-0.05, 0) is 28.1 Å². The van der Waals surface area contributed by atoms with E-state index in [0.29, 0.717) is 15.6 Å². The van der Waals surface area contributed by atoms with Gasteiger partial charge in [-0.25, -0.2) is 8.78 Å². The second-order valence-corrected chi connectivity index (χ2v) is 4.42. The summed E-state index contributed by atoms with van der Waals surface area (Å²) in [5, 5.41) is 7.26. The van der Waals surface area contributed by atoms with Crippen molar-refractivity contribution in [2.75, 3.05) is 6.61 Å². The van der Waals surface area contributed by atoms with Crippen LogP contribution >= 0.6 is 15.9 Å². The highest BCUT2D eigenvalue weighted by Gasteiger charge is 2.23. The summed E-state index contributed by atoms with van der Waals surface area (Å²) >= 11 is 3.26. The molecule has 0 bridgehead atoms. The van der Waals surface area contributed by atoms with Crippen LogP contribution in [0.4, 0.5) is 8.78 Å². The van der Waals surface area contributed by atoms with Crippen LogP contribution in [0.1, 0.15) is 6.92 Å². The number of halogens is 3. The summed E-state index contributed by atoms with van der Waals surface area (Å²) in [5.41, 5.74) is 0.748. The molecule has 0 saturated carbocycles. The van der Waals surface area contributed by atoms with Crippen molar-refractivity contribution in [2.45, 2.75) is 12.8 Å². The van der Waals surface area contributed by atoms with Gasteiger partial charge in [0.15, 0.2) is 6.61 Å². The lowest BCUT2D eigenvalue weighted by atomic mass is 10.2. The van der Waals surface area contributed by atoms with Gasteiger partial charge in [0.25, 0.3) is 5.92 Å². The number of nitrogens with zero attached hydrogens (tertiary/aromatic N) is 1. The van der Waals surface area contributed by atoms with E-state index in [0.717, 1.165) is 12.4 Å². The number of fused-ring (bicyclic) bond motifs is 1. The van der Waals surface area contributed by atoms with Crippen LogP contribution in [0.15, 0.2) is 22.8 Å². The summed E-state index contributed by atoms with van der Waals surface area (Å²) in [4.78, 5) is 0. The Balaban J connectivity index is 2.35. The third kappa shape index (κ3) is 2.32. The number of aromatic amines is 1. The molecular weight excluding hydrogens is 282 g/mol. The molecule has 0 aliphatic rings. The van der Waals surface area contributed by atoms with Gasteiger partial charge in [-0.1, -0.05) is 0 Å². The van der Waals surface area contributed by atoms with Crippen LogP contribution < -0.4 is 4.74 Å². The number of nitrogens with one attached hydrogen (secondary N) is 1. The maximum absolute atomic E-state index is 12.7. The Labute approximate surface area is 98.9 Å². The first-order valence-electron chi connectivity index (χ1n) is 4.59. The first kappa shape index (κ1) is 11.3. The molecule has 0 fully saturated rings. The van der Waals surface area contributed by atoms with Crippen molar-refractivity contribution in [1.82, 2.24) is 10.2 Å². The van der Waals surface area contributed by atoms with E-state index < -0.39 is 12.5 Å². The lowest BCUT2D eigenvalue weighted by Crippen LogP contribution is -2.21. The Hall–Kier alpha value is -1.17. The number of rotatable bonds is 3. The maximum atomic E-state index is 12.7. The standard InChI is InChI=1S/C10H9BrF2N2O/c1-10(12,13)5-16-9-6-4-14-15-8(6)3-2-7(9)11/h2-4H,5H2,1H3,(H,14,15). The quantitative estimate of drug-likeness (QED) is 0.941. The highest BCUT2D eigenvalue weighted by Crippen LogP contribution is 2.33. The van der Waals surface area contributed by atoms with Gasteiger partial charge in [-0.2, -0.15) is 5.10 Å². The fraction of sp³-hybridized carbons (Fsp3) is 0.300. The first-order valence-corrected chi connectivity index (χ1v) is 5.39. The Morgan fingerprint density at radius 1 is 1.50 bits per heavy atom. The lowest BCUT2D eigenvalue weighted by Gasteiger charge is -2.13. The molecule has 0 aliphatic carbocycles. The average Bonchev–Trinajstić information content (AvgIpc) is 2.62. The minimum Gasteiger partial charge on any atom is -0.485 e. The smallest absolute Gasteiger partial charge is 0.278 e. The van der Waals surface area contributed by atoms with Crippen molar-refractivity contribution < 1.29 is 13.5 Å². The van der Waals surface area contributed by atoms with E-state index >= 15 is 0 Å². The minimum absolute atomic E-state index is 0.382. The molecule has 2 rings (SSSR count). The van der Waals surface area contributed by atoms with Crippen LogP contribution in [-0.4, -0.2) is 22.7 Å². The number of hydrogen-bond donors (Lipinski definition) is 1. The van der Waals surface area contributed by atoms with Crippen molar-refractivity contribution in [2.24, 2.45) is 0 Å². The summed E-state index contributed by atoms with van der Waals surface area (Å²) in [6.45, 7) is 0.159. The van der Waals surface area contributed by atoms with E-state index in [-0.39, 0.29) is 0 Å². The summed E-state index contributed by atoms with van der Waals surface area (Å²) in [6, 6.07) is 3.52. The molecule has 0 amide bonds. The van der Waals surface area contributed by atoms with E-state index in [4.69, 9.17) is 4.74 Å². The molecule has 6 heteroatoms. The number of hydrogen-bond acceptors (Lipinski definition) is 2. The maximum Gasteiger partial charge on any atom is 0.278 e. The first-order chi connectivity index (χ1) is 7.47. The van der Waals surface area contributed by atoms with Crippen molar-refractivity contribution in [3.63, 3.8) is 0 Å². The lowest BCUT2D eigenvalue weighted by molar-refractivity contribution is -0.0227. The van der Waals surface area contributed by atoms with E-state index in [1.54, 1.807) is 18.3 Å². The van der Waals surface area contributed by atoms with E-state index in [2.05, 4.69) is 26.1 Å². The van der Waals surface area contributed by atoms with Crippen molar-refractivity contribution >= 4 is 26.8 Å². The zero-order chi connectivity index (χ0) is 11.8. The molecule has 1 aromatic heterocycles. The largest absolute Gasteiger partial charge is 0.485 e. The fourth-order valence-corrected chi connectivity index (χ4v) is 1.77. The molecule has 0 atom stereocenters. The summed E-state index contributed by atoms with van der Waals surface area (Å²) < 4.78 is 31.2. The number of ether oxygens (including phenoxy) is 1. The average molecular weight is 291 g/mol. The van der Waals surface area contributed by atoms with Gasteiger partial charge < -0.3 is 4.74 Å². The highest BCUT2D eigenvalue weighted by atomic mass is 79.9. The number of alkyl halides is 2. The van der Waals surface area contributed by atoms with Gasteiger partial charge in [0.2, 0.25) is 0 Å². The summed E-state index contributed by atoms with van der Waals surface area (Å²) in [5.74, 6) is -2.47. The molecule has 1 heterocycles. The Bertz CT molecular complexity index is 507. The Morgan fingerprint density at radius 3 is 2.94 bits per heavy atom. The number of H-pyrrole nitrogens is 1. The monoisotopic (exact) mass is 290 g/mol. The van der Waals surface area contributed by atoms with E-state index in [1.165, 1.54) is 0 Å². The summed E-state index contributed by atoms with van der Waals surface area (Å²) in [6.07, 6.45) is 1.54. The summed E-state index contributed by atoms with van der Waals surface area (Å²) in [7, 11) is 0. The highest BCUT2D eigenvalue weighted by molar-refractivity contribution is 9.10. The molecule has 1 aromatic carbocycles. The molecule has 3 nitrogen and oxygen atoms in total. The third-order valence-electron chi connectivity index (χ3n) is 2.00. The van der Waals surface area contributed by atoms with Gasteiger partial charge in [0, 0.05) is 6.92 Å². The van der Waals surface area contributed by atoms with Crippen LogP contribution in [0.3, 0.4) is 0 Å². The van der Waals surface area contributed by atoms with Crippen LogP contribution in [0, 0.1) is 0 Å². The second kappa shape index (κ2) is 4.01. The number of aromatic nitrogens is 2. The minimum atomic E-state index is -2.86. The van der Waals surface area contributed by atoms with Gasteiger partial charge in [-0.15, -0.1) is 0 Å². The van der Waals surface area contributed by atoms with Crippen LogP contribution in [0.5, 0.6) is 5.75 Å². The molecule has 0 radical (unpaired) electrons. The Morgan fingerprint density at radius 2 is 2.25 bits per heavy atom. The van der Waals surface area contributed by atoms with E-state index in [9.17, 15) is 8.78 Å². The zero-order valence-electron chi connectivity index (χ0n) is 8.43. The van der Waals surface area contributed by atoms with Crippen LogP contribution in [0.25, 0.3) is 10.9 Å². The Kier molecular flexibility index (Phi) is 2.84. The molecule has 0 saturated heterocycles. The third-order valence-corrected chi connectivity index (χ3v) is 2.62. The predicted molar refractivity (Wildman–Crippen MR) is 59.9 cm³/mol. The van der Waals surface area contributed by atoms with E-state index in [1.807, 2.05) is 0 Å². The molecule has 0 unspecified atom stereocenters. The van der Waals surface area contributed by atoms with Gasteiger partial charge in [0.1, 0.15) is 5.75 Å². The number of benzene rings is 1. The van der Waals surface area contributed by atoms with Crippen molar-refractivity contribution in [3.8, 4) is 5.75 Å². The molecule has 2 aromatic rings. The second-order valence-electron chi connectivity index (χ2n) is 3.57. The zero-order valence-corrected chi connectivity index (χ0v) is 10.0. The SMILES string of the molecule is CC(F)(F)COc1c(Br)ccc2[nH]ncc12. The molecule has 1 N–H and O–H groups in total. The van der Waals surface area contributed by atoms with Crippen LogP contribution in [-0.2, 0) is 0 Å². The topological polar surface area (TPSA) is 37.9 Å². The predicted octanol–water partition coefficient (Wildman–Crippen LogP) is 3.36. The fourth-order valence-electron chi connectivity index (χ4n) is 1.31. The molecule has 86 valence electrons. The van der Waals surface area contributed by atoms with Crippen molar-refractivity contribution in [1.29, 1.82) is 0 Å². The van der Waals surface area contributed by atoms with Crippen molar-refractivity contribution in [3.05, 3.63) is 22.8 Å². The van der Waals surface area contributed by atoms with Crippen LogP contribution in [0.2, 0.25) is 0 Å². The normalized spacial score (nSPS) is 12.0. The molecular formula is C10H9BrF2N2O. The van der Waals surface area contributed by atoms with Gasteiger partial charge in [0.05, 0.1) is 21.6 Å². The van der Waals surface area contributed by atoms with Gasteiger partial charge >= 0.3 is 0 Å². The molecule has 0 spiro atoms. The molecule has 0 aliphatic heterocycles.